The molecular formula is C21H14FN3O3S. The minimum absolute atomic E-state index is 0.149. The number of Topliss-reactive ketones (excluding diaryl/α,β-unsaturated/α-hetero) is 1. The first-order chi connectivity index (χ1) is 14.1. The summed E-state index contributed by atoms with van der Waals surface area (Å²) in [6, 6.07) is 18.1. The lowest BCUT2D eigenvalue weighted by atomic mass is 10.1. The summed E-state index contributed by atoms with van der Waals surface area (Å²) >= 11 is 1.47. The zero-order valence-corrected chi connectivity index (χ0v) is 15.8. The Morgan fingerprint density at radius 2 is 1.76 bits per heavy atom. The third-order valence-electron chi connectivity index (χ3n) is 4.03. The van der Waals surface area contributed by atoms with Crippen LogP contribution in [0.2, 0.25) is 0 Å². The molecule has 2 aromatic heterocycles. The fourth-order valence-corrected chi connectivity index (χ4v) is 3.33. The molecule has 2 aromatic carbocycles. The van der Waals surface area contributed by atoms with Crippen molar-refractivity contribution < 1.29 is 18.7 Å². The van der Waals surface area contributed by atoms with Crippen molar-refractivity contribution in [3.05, 3.63) is 89.3 Å². The molecule has 0 fully saturated rings. The van der Waals surface area contributed by atoms with Crippen LogP contribution in [0, 0.1) is 5.82 Å². The molecule has 0 radical (unpaired) electrons. The second-order valence-electron chi connectivity index (χ2n) is 5.99. The molecule has 144 valence electrons. The summed E-state index contributed by atoms with van der Waals surface area (Å²) in [5, 5.41) is 6.18. The molecule has 0 aliphatic heterocycles. The van der Waals surface area contributed by atoms with Gasteiger partial charge in [0.15, 0.2) is 18.2 Å². The fraction of sp³-hybridized carbons (Fsp3) is 0.0476. The summed E-state index contributed by atoms with van der Waals surface area (Å²) in [5.74, 6) is -1.35. The summed E-state index contributed by atoms with van der Waals surface area (Å²) < 4.78 is 19.6. The molecule has 0 aliphatic carbocycles. The van der Waals surface area contributed by atoms with Crippen LogP contribution in [0.1, 0.15) is 21.0 Å². The van der Waals surface area contributed by atoms with E-state index in [9.17, 15) is 14.0 Å². The van der Waals surface area contributed by atoms with Gasteiger partial charge in [0.2, 0.25) is 0 Å². The Bertz CT molecular complexity index is 1140. The van der Waals surface area contributed by atoms with Crippen LogP contribution < -0.4 is 0 Å². The maximum atomic E-state index is 13.0. The van der Waals surface area contributed by atoms with E-state index in [2.05, 4.69) is 10.1 Å². The van der Waals surface area contributed by atoms with Crippen molar-refractivity contribution in [2.75, 3.05) is 6.61 Å². The Hall–Kier alpha value is -3.65. The van der Waals surface area contributed by atoms with E-state index in [-0.39, 0.29) is 11.4 Å². The summed E-state index contributed by atoms with van der Waals surface area (Å²) in [5.41, 5.74) is 0.992. The van der Waals surface area contributed by atoms with Crippen LogP contribution in [0.4, 0.5) is 4.39 Å². The standard InChI is InChI=1S/C21H14FN3O3S/c22-15-10-8-14(9-11-15)17(26)13-28-21(27)19-23-20(18-7-4-12-29-18)25(24-19)16-5-2-1-3-6-16/h1-12H,13H2. The fourth-order valence-electron chi connectivity index (χ4n) is 2.63. The van der Waals surface area contributed by atoms with E-state index in [0.717, 1.165) is 10.6 Å². The van der Waals surface area contributed by atoms with Gasteiger partial charge in [0, 0.05) is 5.56 Å². The van der Waals surface area contributed by atoms with E-state index >= 15 is 0 Å². The molecule has 4 rings (SSSR count). The monoisotopic (exact) mass is 407 g/mol. The number of aromatic nitrogens is 3. The number of thiophene rings is 1. The number of carbonyl (C=O) groups excluding carboxylic acids is 2. The summed E-state index contributed by atoms with van der Waals surface area (Å²) in [7, 11) is 0. The van der Waals surface area contributed by atoms with Gasteiger partial charge in [0.1, 0.15) is 5.82 Å². The number of carbonyl (C=O) groups is 2. The molecule has 0 saturated carbocycles. The second kappa shape index (κ2) is 8.15. The molecule has 0 amide bonds. The van der Waals surface area contributed by atoms with Gasteiger partial charge in [-0.1, -0.05) is 24.3 Å². The molecule has 0 spiro atoms. The van der Waals surface area contributed by atoms with Gasteiger partial charge in [0.25, 0.3) is 5.82 Å². The first-order valence-corrected chi connectivity index (χ1v) is 9.52. The Morgan fingerprint density at radius 1 is 1.00 bits per heavy atom. The van der Waals surface area contributed by atoms with E-state index in [1.165, 1.54) is 35.6 Å². The molecule has 0 atom stereocenters. The zero-order chi connectivity index (χ0) is 20.2. The number of esters is 1. The van der Waals surface area contributed by atoms with Gasteiger partial charge in [-0.3, -0.25) is 4.79 Å². The average molecular weight is 407 g/mol. The summed E-state index contributed by atoms with van der Waals surface area (Å²) in [6.45, 7) is -0.487. The quantitative estimate of drug-likeness (QED) is 0.354. The third-order valence-corrected chi connectivity index (χ3v) is 4.90. The van der Waals surface area contributed by atoms with Gasteiger partial charge in [-0.05, 0) is 47.8 Å². The molecule has 8 heteroatoms. The van der Waals surface area contributed by atoms with Crippen molar-refractivity contribution in [1.29, 1.82) is 0 Å². The molecule has 0 unspecified atom stereocenters. The number of ketones is 1. The third kappa shape index (κ3) is 4.12. The maximum Gasteiger partial charge on any atom is 0.378 e. The number of para-hydroxylation sites is 1. The van der Waals surface area contributed by atoms with E-state index < -0.39 is 24.2 Å². The Labute approximate surface area is 169 Å². The molecule has 0 N–H and O–H groups in total. The molecule has 2 heterocycles. The molecule has 6 nitrogen and oxygen atoms in total. The average Bonchev–Trinajstić information content (AvgIpc) is 3.42. The van der Waals surface area contributed by atoms with Gasteiger partial charge < -0.3 is 4.74 Å². The summed E-state index contributed by atoms with van der Waals surface area (Å²) in [6.07, 6.45) is 0. The smallest absolute Gasteiger partial charge is 0.378 e. The van der Waals surface area contributed by atoms with Crippen molar-refractivity contribution in [2.45, 2.75) is 0 Å². The van der Waals surface area contributed by atoms with Crippen molar-refractivity contribution in [3.63, 3.8) is 0 Å². The molecular weight excluding hydrogens is 393 g/mol. The van der Waals surface area contributed by atoms with Crippen LogP contribution in [-0.2, 0) is 4.74 Å². The maximum absolute atomic E-state index is 13.0. The number of benzene rings is 2. The van der Waals surface area contributed by atoms with Crippen molar-refractivity contribution in [3.8, 4) is 16.4 Å². The Morgan fingerprint density at radius 3 is 2.45 bits per heavy atom. The number of rotatable bonds is 6. The predicted octanol–water partition coefficient (Wildman–Crippen LogP) is 4.17. The van der Waals surface area contributed by atoms with Gasteiger partial charge in [-0.2, -0.15) is 4.98 Å². The number of nitrogens with zero attached hydrogens (tertiary/aromatic N) is 3. The van der Waals surface area contributed by atoms with Crippen molar-refractivity contribution in [2.24, 2.45) is 0 Å². The van der Waals surface area contributed by atoms with E-state index in [0.29, 0.717) is 5.82 Å². The Balaban J connectivity index is 1.56. The normalized spacial score (nSPS) is 10.7. The number of ether oxygens (including phenoxy) is 1. The van der Waals surface area contributed by atoms with Crippen LogP contribution in [0.5, 0.6) is 0 Å². The lowest BCUT2D eigenvalue weighted by Gasteiger charge is -2.03. The number of hydrogen-bond acceptors (Lipinski definition) is 6. The Kier molecular flexibility index (Phi) is 5.26. The van der Waals surface area contributed by atoms with Crippen LogP contribution in [0.3, 0.4) is 0 Å². The van der Waals surface area contributed by atoms with Crippen molar-refractivity contribution in [1.82, 2.24) is 14.8 Å². The van der Waals surface area contributed by atoms with Crippen molar-refractivity contribution >= 4 is 23.1 Å². The van der Waals surface area contributed by atoms with Gasteiger partial charge in [0.05, 0.1) is 10.6 Å². The van der Waals surface area contributed by atoms with Gasteiger partial charge in [-0.15, -0.1) is 16.4 Å². The SMILES string of the molecule is O=C(COC(=O)c1nc(-c2cccs2)n(-c2ccccc2)n1)c1ccc(F)cc1. The molecule has 4 aromatic rings. The van der Waals surface area contributed by atoms with E-state index in [1.54, 1.807) is 4.68 Å². The predicted molar refractivity (Wildman–Crippen MR) is 106 cm³/mol. The number of halogens is 1. The van der Waals surface area contributed by atoms with Crippen LogP contribution in [0.15, 0.2) is 72.1 Å². The highest BCUT2D eigenvalue weighted by molar-refractivity contribution is 7.13. The molecule has 0 saturated heterocycles. The first-order valence-electron chi connectivity index (χ1n) is 8.64. The topological polar surface area (TPSA) is 74.1 Å². The van der Waals surface area contributed by atoms with Crippen LogP contribution in [0.25, 0.3) is 16.4 Å². The highest BCUT2D eigenvalue weighted by atomic mass is 32.1. The van der Waals surface area contributed by atoms with E-state index in [4.69, 9.17) is 4.74 Å². The van der Waals surface area contributed by atoms with Crippen LogP contribution >= 0.6 is 11.3 Å². The number of hydrogen-bond donors (Lipinski definition) is 0. The minimum atomic E-state index is -0.812. The van der Waals surface area contributed by atoms with Gasteiger partial charge in [-0.25, -0.2) is 13.9 Å². The second-order valence-corrected chi connectivity index (χ2v) is 6.94. The molecule has 0 bridgehead atoms. The molecule has 0 aliphatic rings. The highest BCUT2D eigenvalue weighted by Gasteiger charge is 2.21. The minimum Gasteiger partial charge on any atom is -0.451 e. The highest BCUT2D eigenvalue weighted by Crippen LogP contribution is 2.25. The van der Waals surface area contributed by atoms with Gasteiger partial charge >= 0.3 is 5.97 Å². The summed E-state index contributed by atoms with van der Waals surface area (Å²) in [4.78, 5) is 29.7. The lowest BCUT2D eigenvalue weighted by molar-refractivity contribution is 0.0462. The van der Waals surface area contributed by atoms with Crippen LogP contribution in [-0.4, -0.2) is 33.1 Å². The van der Waals surface area contributed by atoms with E-state index in [1.807, 2.05) is 47.8 Å². The largest absolute Gasteiger partial charge is 0.451 e. The molecule has 29 heavy (non-hydrogen) atoms. The first kappa shape index (κ1) is 18.7. The lowest BCUT2D eigenvalue weighted by Crippen LogP contribution is -2.15. The zero-order valence-electron chi connectivity index (χ0n) is 15.0.